The number of furan rings is 1. The molecular weight excluding hydrogens is 236 g/mol. The van der Waals surface area contributed by atoms with E-state index in [0.717, 1.165) is 5.76 Å². The van der Waals surface area contributed by atoms with Crippen molar-refractivity contribution in [1.82, 2.24) is 0 Å². The number of carboxylic acid groups (broad SMARTS) is 1. The van der Waals surface area contributed by atoms with E-state index < -0.39 is 5.97 Å². The highest BCUT2D eigenvalue weighted by Crippen LogP contribution is 2.38. The number of aromatic carboxylic acids is 1. The minimum Gasteiger partial charge on any atom is -0.475 e. The Kier molecular flexibility index (Phi) is 4.15. The van der Waals surface area contributed by atoms with Crippen LogP contribution in [0.4, 0.5) is 0 Å². The number of hydrogen-bond acceptors (Lipinski definition) is 3. The fraction of sp³-hybridized carbons (Fsp3) is 0.615. The highest BCUT2D eigenvalue weighted by atomic mass is 32.2. The third-order valence-electron chi connectivity index (χ3n) is 3.19. The number of thioether (sulfide) groups is 1. The summed E-state index contributed by atoms with van der Waals surface area (Å²) in [6, 6.07) is 3.32. The molecule has 1 heterocycles. The maximum atomic E-state index is 10.7. The molecule has 1 saturated carbocycles. The van der Waals surface area contributed by atoms with Gasteiger partial charge in [0.2, 0.25) is 5.76 Å². The van der Waals surface area contributed by atoms with Crippen LogP contribution in [-0.4, -0.2) is 16.3 Å². The fourth-order valence-electron chi connectivity index (χ4n) is 2.24. The SMILES string of the molecule is CC(SC1CCCCC1)c1ccc(C(=O)O)o1. The Morgan fingerprint density at radius 1 is 1.41 bits per heavy atom. The first kappa shape index (κ1) is 12.6. The van der Waals surface area contributed by atoms with Crippen molar-refractivity contribution in [2.45, 2.75) is 49.5 Å². The molecule has 1 aromatic rings. The van der Waals surface area contributed by atoms with Crippen LogP contribution in [0.3, 0.4) is 0 Å². The second-order valence-electron chi connectivity index (χ2n) is 4.55. The van der Waals surface area contributed by atoms with Gasteiger partial charge in [-0.3, -0.25) is 0 Å². The van der Waals surface area contributed by atoms with Gasteiger partial charge in [-0.2, -0.15) is 0 Å². The predicted octanol–water partition coefficient (Wildman–Crippen LogP) is 4.10. The molecule has 0 bridgehead atoms. The highest BCUT2D eigenvalue weighted by Gasteiger charge is 2.20. The molecule has 1 fully saturated rings. The molecule has 0 aromatic carbocycles. The van der Waals surface area contributed by atoms with Crippen molar-refractivity contribution in [3.63, 3.8) is 0 Å². The highest BCUT2D eigenvalue weighted by molar-refractivity contribution is 8.00. The van der Waals surface area contributed by atoms with Crippen molar-refractivity contribution in [2.75, 3.05) is 0 Å². The van der Waals surface area contributed by atoms with Crippen LogP contribution >= 0.6 is 11.8 Å². The molecule has 1 atom stereocenters. The smallest absolute Gasteiger partial charge is 0.371 e. The Morgan fingerprint density at radius 3 is 2.71 bits per heavy atom. The van der Waals surface area contributed by atoms with Gasteiger partial charge in [-0.1, -0.05) is 19.3 Å². The zero-order valence-electron chi connectivity index (χ0n) is 10.0. The Bertz CT molecular complexity index is 380. The van der Waals surface area contributed by atoms with E-state index in [1.807, 2.05) is 11.8 Å². The standard InChI is InChI=1S/C13H18O3S/c1-9(17-10-5-3-2-4-6-10)11-7-8-12(16-11)13(14)15/h7-10H,2-6H2,1H3,(H,14,15). The van der Waals surface area contributed by atoms with Crippen molar-refractivity contribution in [1.29, 1.82) is 0 Å². The van der Waals surface area contributed by atoms with Crippen molar-refractivity contribution in [3.05, 3.63) is 23.7 Å². The first-order chi connectivity index (χ1) is 8.16. The van der Waals surface area contributed by atoms with Gasteiger partial charge in [0.05, 0.1) is 5.25 Å². The molecule has 1 aromatic heterocycles. The lowest BCUT2D eigenvalue weighted by molar-refractivity contribution is 0.0660. The molecule has 0 aliphatic heterocycles. The molecule has 1 unspecified atom stereocenters. The first-order valence-corrected chi connectivity index (χ1v) is 7.09. The van der Waals surface area contributed by atoms with Gasteiger partial charge in [-0.15, -0.1) is 11.8 Å². The average molecular weight is 254 g/mol. The maximum absolute atomic E-state index is 10.7. The van der Waals surface area contributed by atoms with Crippen LogP contribution in [0, 0.1) is 0 Å². The zero-order chi connectivity index (χ0) is 12.3. The Labute approximate surface area is 106 Å². The molecule has 0 radical (unpaired) electrons. The molecule has 17 heavy (non-hydrogen) atoms. The van der Waals surface area contributed by atoms with Gasteiger partial charge in [-0.25, -0.2) is 4.79 Å². The van der Waals surface area contributed by atoms with Crippen LogP contribution in [0.5, 0.6) is 0 Å². The second kappa shape index (κ2) is 5.63. The van der Waals surface area contributed by atoms with Crippen molar-refractivity contribution in [3.8, 4) is 0 Å². The summed E-state index contributed by atoms with van der Waals surface area (Å²) in [7, 11) is 0. The summed E-state index contributed by atoms with van der Waals surface area (Å²) in [4.78, 5) is 10.7. The van der Waals surface area contributed by atoms with E-state index in [1.54, 1.807) is 6.07 Å². The van der Waals surface area contributed by atoms with Crippen molar-refractivity contribution >= 4 is 17.7 Å². The molecular formula is C13H18O3S. The molecule has 2 rings (SSSR count). The number of carbonyl (C=O) groups is 1. The van der Waals surface area contributed by atoms with Crippen LogP contribution in [-0.2, 0) is 0 Å². The van der Waals surface area contributed by atoms with E-state index in [0.29, 0.717) is 5.25 Å². The average Bonchev–Trinajstić information content (AvgIpc) is 2.79. The van der Waals surface area contributed by atoms with Crippen LogP contribution in [0.1, 0.15) is 60.6 Å². The topological polar surface area (TPSA) is 50.4 Å². The molecule has 1 aliphatic rings. The summed E-state index contributed by atoms with van der Waals surface area (Å²) in [6.07, 6.45) is 6.56. The molecule has 0 spiro atoms. The number of rotatable bonds is 4. The van der Waals surface area contributed by atoms with E-state index >= 15 is 0 Å². The fourth-order valence-corrected chi connectivity index (χ4v) is 3.69. The van der Waals surface area contributed by atoms with Gasteiger partial charge in [0.15, 0.2) is 0 Å². The van der Waals surface area contributed by atoms with E-state index in [4.69, 9.17) is 9.52 Å². The molecule has 0 saturated heterocycles. The summed E-state index contributed by atoms with van der Waals surface area (Å²) in [5, 5.41) is 9.75. The van der Waals surface area contributed by atoms with Crippen LogP contribution < -0.4 is 0 Å². The normalized spacial score (nSPS) is 19.1. The summed E-state index contributed by atoms with van der Waals surface area (Å²) in [5.41, 5.74) is 0. The predicted molar refractivity (Wildman–Crippen MR) is 68.5 cm³/mol. The van der Waals surface area contributed by atoms with Gasteiger partial charge in [0.25, 0.3) is 0 Å². The molecule has 1 N–H and O–H groups in total. The van der Waals surface area contributed by atoms with E-state index in [9.17, 15) is 4.79 Å². The summed E-state index contributed by atoms with van der Waals surface area (Å²) in [6.45, 7) is 2.09. The van der Waals surface area contributed by atoms with E-state index in [-0.39, 0.29) is 11.0 Å². The Hall–Kier alpha value is -0.900. The van der Waals surface area contributed by atoms with Crippen molar-refractivity contribution < 1.29 is 14.3 Å². The zero-order valence-corrected chi connectivity index (χ0v) is 10.8. The largest absolute Gasteiger partial charge is 0.475 e. The molecule has 1 aliphatic carbocycles. The van der Waals surface area contributed by atoms with Crippen LogP contribution in [0.15, 0.2) is 16.5 Å². The third kappa shape index (κ3) is 3.28. The van der Waals surface area contributed by atoms with Crippen LogP contribution in [0.2, 0.25) is 0 Å². The Balaban J connectivity index is 1.93. The maximum Gasteiger partial charge on any atom is 0.371 e. The van der Waals surface area contributed by atoms with Gasteiger partial charge in [-0.05, 0) is 31.9 Å². The van der Waals surface area contributed by atoms with Gasteiger partial charge >= 0.3 is 5.97 Å². The molecule has 4 heteroatoms. The summed E-state index contributed by atoms with van der Waals surface area (Å²) < 4.78 is 5.33. The molecule has 3 nitrogen and oxygen atoms in total. The second-order valence-corrected chi connectivity index (χ2v) is 6.19. The Morgan fingerprint density at radius 2 is 2.12 bits per heavy atom. The van der Waals surface area contributed by atoms with Gasteiger partial charge < -0.3 is 9.52 Å². The van der Waals surface area contributed by atoms with E-state index in [2.05, 4.69) is 6.92 Å². The molecule has 0 amide bonds. The lowest BCUT2D eigenvalue weighted by Crippen LogP contribution is -2.09. The van der Waals surface area contributed by atoms with Crippen LogP contribution in [0.25, 0.3) is 0 Å². The summed E-state index contributed by atoms with van der Waals surface area (Å²) in [5.74, 6) is -0.180. The minimum atomic E-state index is -0.994. The molecule has 94 valence electrons. The van der Waals surface area contributed by atoms with Crippen molar-refractivity contribution in [2.24, 2.45) is 0 Å². The quantitative estimate of drug-likeness (QED) is 0.878. The van der Waals surface area contributed by atoms with E-state index in [1.165, 1.54) is 38.2 Å². The monoisotopic (exact) mass is 254 g/mol. The van der Waals surface area contributed by atoms with Gasteiger partial charge in [0, 0.05) is 5.25 Å². The van der Waals surface area contributed by atoms with Gasteiger partial charge in [0.1, 0.15) is 5.76 Å². The lowest BCUT2D eigenvalue weighted by Gasteiger charge is -2.23. The number of carboxylic acids is 1. The number of hydrogen-bond donors (Lipinski definition) is 1. The third-order valence-corrected chi connectivity index (χ3v) is 4.68. The summed E-state index contributed by atoms with van der Waals surface area (Å²) >= 11 is 1.91. The first-order valence-electron chi connectivity index (χ1n) is 6.15. The minimum absolute atomic E-state index is 0.0381. The lowest BCUT2D eigenvalue weighted by atomic mass is 10.0.